The maximum absolute atomic E-state index is 6.14. The highest BCUT2D eigenvalue weighted by molar-refractivity contribution is 7.16. The predicted octanol–water partition coefficient (Wildman–Crippen LogP) is 21.9. The molecule has 13 aromatic carbocycles. The zero-order valence-electron chi connectivity index (χ0n) is 63.8. The Morgan fingerprint density at radius 2 is 0.803 bits per heavy atom. The SMILES string of the molecule is Cc1cc2c3c(c1)Oc1ccccc1B3c1ccccc1O2.Cc1nc(-c2ccccc2)nc(-c2ccccc2)n1.c1ccc(-c2ccnc(-c3ccccc3)n2)cc1.c1ccc(-n2cnc3ccccc32)cc1.c1ccc(-n2cnc3cccnc32)cc1.c1ccc2ncccc2c1.c1ccc2ocnc2c1.c1ccc2scnc2c1. The third kappa shape index (κ3) is 18.7. The second-order valence-corrected chi connectivity index (χ2v) is 27.6. The zero-order valence-corrected chi connectivity index (χ0v) is 64.6. The van der Waals surface area contributed by atoms with Crippen LogP contribution in [0, 0.1) is 13.8 Å². The van der Waals surface area contributed by atoms with E-state index in [-0.39, 0.29) is 6.71 Å². The van der Waals surface area contributed by atoms with Gasteiger partial charge in [-0.25, -0.2) is 49.8 Å². The summed E-state index contributed by atoms with van der Waals surface area (Å²) in [4.78, 5) is 47.5. The van der Waals surface area contributed by atoms with Crippen LogP contribution in [0.2, 0.25) is 0 Å². The Morgan fingerprint density at radius 3 is 1.43 bits per heavy atom. The topological polar surface area (TPSA) is 183 Å². The Labute approximate surface area is 680 Å². The van der Waals surface area contributed by atoms with Crippen LogP contribution in [-0.4, -0.2) is 70.7 Å². The average molecular weight is 1540 g/mol. The van der Waals surface area contributed by atoms with E-state index in [0.717, 1.165) is 129 Å². The van der Waals surface area contributed by atoms with Crippen LogP contribution in [0.25, 0.3) is 111 Å². The van der Waals surface area contributed by atoms with Crippen LogP contribution in [0.1, 0.15) is 11.4 Å². The molecule has 0 saturated carbocycles. The minimum absolute atomic E-state index is 0.181. The lowest BCUT2D eigenvalue weighted by atomic mass is 9.35. The van der Waals surface area contributed by atoms with E-state index in [1.165, 1.54) is 27.4 Å². The first kappa shape index (κ1) is 75.5. The van der Waals surface area contributed by atoms with Gasteiger partial charge in [-0.3, -0.25) is 14.1 Å². The summed E-state index contributed by atoms with van der Waals surface area (Å²) in [6.45, 7) is 4.14. The number of rotatable bonds is 6. The molecule has 0 bridgehead atoms. The van der Waals surface area contributed by atoms with E-state index in [1.54, 1.807) is 30.1 Å². The number of benzene rings is 13. The quantitative estimate of drug-likeness (QED) is 0.143. The normalized spacial score (nSPS) is 10.9. The summed E-state index contributed by atoms with van der Waals surface area (Å²) in [5.41, 5.74) is 21.8. The molecule has 0 fully saturated rings. The van der Waals surface area contributed by atoms with Crippen molar-refractivity contribution in [2.75, 3.05) is 0 Å². The van der Waals surface area contributed by atoms with Crippen LogP contribution >= 0.6 is 11.3 Å². The molecule has 8 aromatic heterocycles. The molecular formula is C99H74BN13O3S. The predicted molar refractivity (Wildman–Crippen MR) is 473 cm³/mol. The zero-order chi connectivity index (χ0) is 79.2. The average Bonchev–Trinajstić information content (AvgIpc) is 1.49. The fourth-order valence-electron chi connectivity index (χ4n) is 13.3. The fraction of sp³-hybridized carbons (Fsp3) is 0.0202. The molecule has 117 heavy (non-hydrogen) atoms. The summed E-state index contributed by atoms with van der Waals surface area (Å²) in [6, 6.07) is 123. The molecule has 0 radical (unpaired) electrons. The van der Waals surface area contributed by atoms with Crippen LogP contribution in [0.4, 0.5) is 0 Å². The van der Waals surface area contributed by atoms with Crippen molar-refractivity contribution >= 4 is 88.9 Å². The number of para-hydroxylation sites is 10. The summed E-state index contributed by atoms with van der Waals surface area (Å²) in [7, 11) is 0. The molecule has 0 aliphatic carbocycles. The summed E-state index contributed by atoms with van der Waals surface area (Å²) in [5.74, 6) is 6.62. The van der Waals surface area contributed by atoms with Gasteiger partial charge in [-0.2, -0.15) is 0 Å². The van der Waals surface area contributed by atoms with Gasteiger partial charge >= 0.3 is 0 Å². The second kappa shape index (κ2) is 37.2. The number of ether oxygens (including phenoxy) is 2. The molecule has 2 aliphatic heterocycles. The summed E-state index contributed by atoms with van der Waals surface area (Å²) >= 11 is 1.68. The Hall–Kier alpha value is -15.5. The van der Waals surface area contributed by atoms with E-state index >= 15 is 0 Å². The molecule has 23 rings (SSSR count). The number of aromatic nitrogens is 13. The van der Waals surface area contributed by atoms with Gasteiger partial charge in [0.05, 0.1) is 38.0 Å². The number of hydrogen-bond donors (Lipinski definition) is 0. The lowest BCUT2D eigenvalue weighted by molar-refractivity contribution is 0.464. The monoisotopic (exact) mass is 1540 g/mol. The van der Waals surface area contributed by atoms with Crippen molar-refractivity contribution in [1.29, 1.82) is 0 Å². The smallest absolute Gasteiger partial charge is 0.260 e. The summed E-state index contributed by atoms with van der Waals surface area (Å²) in [5, 5.41) is 1.20. The molecule has 0 N–H and O–H groups in total. The summed E-state index contributed by atoms with van der Waals surface area (Å²) in [6.07, 6.45) is 10.5. The Kier molecular flexibility index (Phi) is 24.0. The van der Waals surface area contributed by atoms with Crippen LogP contribution in [0.3, 0.4) is 0 Å². The van der Waals surface area contributed by atoms with Crippen molar-refractivity contribution in [3.8, 4) is 79.8 Å². The van der Waals surface area contributed by atoms with Crippen molar-refractivity contribution in [3.05, 3.63) is 425 Å². The first-order chi connectivity index (χ1) is 57.9. The molecule has 0 spiro atoms. The maximum atomic E-state index is 6.14. The molecule has 0 atom stereocenters. The van der Waals surface area contributed by atoms with Gasteiger partial charge in [-0.05, 0) is 146 Å². The van der Waals surface area contributed by atoms with Crippen LogP contribution in [0.5, 0.6) is 23.0 Å². The number of thiazole rings is 1. The number of imidazole rings is 2. The van der Waals surface area contributed by atoms with E-state index in [4.69, 9.17) is 13.9 Å². The number of aryl methyl sites for hydroxylation is 2. The number of pyridine rings is 2. The van der Waals surface area contributed by atoms with Gasteiger partial charge in [0.2, 0.25) is 0 Å². The number of fused-ring (bicyclic) bond motifs is 9. The van der Waals surface area contributed by atoms with Gasteiger partial charge in [0.15, 0.2) is 35.1 Å². The molecule has 2 aliphatic rings. The minimum Gasteiger partial charge on any atom is -0.458 e. The van der Waals surface area contributed by atoms with Gasteiger partial charge in [0.1, 0.15) is 52.5 Å². The number of hydrogen-bond acceptors (Lipinski definition) is 15. The lowest BCUT2D eigenvalue weighted by Crippen LogP contribution is -2.57. The molecule has 10 heterocycles. The maximum Gasteiger partial charge on any atom is 0.260 e. The molecule has 21 aromatic rings. The third-order valence-electron chi connectivity index (χ3n) is 18.8. The Balaban J connectivity index is 0.000000102. The van der Waals surface area contributed by atoms with E-state index in [0.29, 0.717) is 11.6 Å². The number of oxazole rings is 1. The second-order valence-electron chi connectivity index (χ2n) is 26.7. The Morgan fingerprint density at radius 1 is 0.325 bits per heavy atom. The summed E-state index contributed by atoms with van der Waals surface area (Å²) < 4.78 is 22.6. The first-order valence-corrected chi connectivity index (χ1v) is 38.9. The molecule has 562 valence electrons. The molecule has 16 nitrogen and oxygen atoms in total. The van der Waals surface area contributed by atoms with E-state index in [2.05, 4.69) is 151 Å². The molecule has 0 amide bonds. The highest BCUT2D eigenvalue weighted by Crippen LogP contribution is 2.36. The first-order valence-electron chi connectivity index (χ1n) is 38.0. The van der Waals surface area contributed by atoms with Crippen LogP contribution < -0.4 is 25.9 Å². The van der Waals surface area contributed by atoms with Crippen LogP contribution in [-0.2, 0) is 0 Å². The van der Waals surface area contributed by atoms with Crippen molar-refractivity contribution in [1.82, 2.24) is 64.0 Å². The minimum atomic E-state index is 0.181. The van der Waals surface area contributed by atoms with Crippen molar-refractivity contribution < 1.29 is 13.9 Å². The molecule has 0 saturated heterocycles. The fourth-order valence-corrected chi connectivity index (χ4v) is 14.0. The number of nitrogens with zero attached hydrogens (tertiary/aromatic N) is 13. The Bertz CT molecular complexity index is 6300. The van der Waals surface area contributed by atoms with E-state index in [1.807, 2.05) is 315 Å². The van der Waals surface area contributed by atoms with E-state index < -0.39 is 0 Å². The van der Waals surface area contributed by atoms with Gasteiger partial charge in [0, 0.05) is 63.1 Å². The molecule has 0 unspecified atom stereocenters. The van der Waals surface area contributed by atoms with Gasteiger partial charge < -0.3 is 13.9 Å². The molecule has 18 heteroatoms. The van der Waals surface area contributed by atoms with E-state index in [9.17, 15) is 0 Å². The van der Waals surface area contributed by atoms with Crippen molar-refractivity contribution in [3.63, 3.8) is 0 Å². The van der Waals surface area contributed by atoms with Gasteiger partial charge in [-0.1, -0.05) is 255 Å². The van der Waals surface area contributed by atoms with Crippen LogP contribution in [0.15, 0.2) is 418 Å². The van der Waals surface area contributed by atoms with Crippen molar-refractivity contribution in [2.24, 2.45) is 0 Å². The largest absolute Gasteiger partial charge is 0.458 e. The lowest BCUT2D eigenvalue weighted by Gasteiger charge is -2.33. The highest BCUT2D eigenvalue weighted by Gasteiger charge is 2.40. The third-order valence-corrected chi connectivity index (χ3v) is 19.6. The van der Waals surface area contributed by atoms with Gasteiger partial charge in [0.25, 0.3) is 6.71 Å². The van der Waals surface area contributed by atoms with Gasteiger partial charge in [-0.15, -0.1) is 11.3 Å². The van der Waals surface area contributed by atoms with Crippen molar-refractivity contribution in [2.45, 2.75) is 13.8 Å². The highest BCUT2D eigenvalue weighted by atomic mass is 32.1. The molecular weight excluding hydrogens is 1460 g/mol. The standard InChI is InChI=1S/C19H13BO2.C16H13N3.C16H12N2.C13H10N2.C12H9N3.C9H7N.C7H5NO.C7H5NS/c1-12-10-17-19-18(11-12)22-16-9-5-3-7-14(16)20(19)13-6-2-4-8-15(13)21-17;1-12-17-15(13-8-4-2-5-9-13)19-16(18-12)14-10-6-3-7-11-14;1-3-7-13(8-4-1)15-11-12-17-16(18-15)14-9-5-2-6-10-14;1-2-6-11(7-3-1)15-10-14-12-8-4-5-9-13(12)15;1-2-5-10(6-3-1)15-9-14-11-7-4-8-13-12(11)15;1-2-6-9-8(4-1)5-3-7-10-9;2*1-2-4-7-6(3-1)8-5-9-7/h2-11H,1H3;2-11H,1H3;1-12H;1-10H;1-9H;1-7H;2*1-5H.